The van der Waals surface area contributed by atoms with Gasteiger partial charge in [0.1, 0.15) is 12.3 Å². The van der Waals surface area contributed by atoms with Crippen LogP contribution >= 0.6 is 0 Å². The first-order chi connectivity index (χ1) is 15.2. The zero-order chi connectivity index (χ0) is 21.5. The minimum atomic E-state index is 0.126. The molecule has 1 saturated heterocycles. The van der Waals surface area contributed by atoms with Gasteiger partial charge in [-0.25, -0.2) is 0 Å². The molecule has 31 heavy (non-hydrogen) atoms. The highest BCUT2D eigenvalue weighted by Crippen LogP contribution is 2.17. The number of hydrogen-bond acceptors (Lipinski definition) is 2. The molecule has 0 atom stereocenters. The Labute approximate surface area is 185 Å². The molecule has 3 aromatic rings. The number of hydrogen-bond donors (Lipinski definition) is 1. The summed E-state index contributed by atoms with van der Waals surface area (Å²) in [5, 5.41) is 0. The van der Waals surface area contributed by atoms with E-state index in [1.165, 1.54) is 16.0 Å². The molecule has 0 radical (unpaired) electrons. The summed E-state index contributed by atoms with van der Waals surface area (Å²) in [4.78, 5) is 17.1. The van der Waals surface area contributed by atoms with Crippen LogP contribution in [0.5, 0.6) is 0 Å². The maximum absolute atomic E-state index is 13.5. The number of nitrogens with zero attached hydrogens (tertiary/aromatic N) is 1. The van der Waals surface area contributed by atoms with Crippen molar-refractivity contribution in [1.82, 2.24) is 4.90 Å². The van der Waals surface area contributed by atoms with Crippen LogP contribution in [0.4, 0.5) is 0 Å². The molecule has 0 spiro atoms. The Kier molecular flexibility index (Phi) is 7.21. The number of piperidine rings is 1. The summed E-state index contributed by atoms with van der Waals surface area (Å²) in [5.74, 6) is 2.45. The van der Waals surface area contributed by atoms with Crippen LogP contribution in [0.15, 0.2) is 77.2 Å². The predicted octanol–water partition coefficient (Wildman–Crippen LogP) is 3.65. The van der Waals surface area contributed by atoms with E-state index in [4.69, 9.17) is 4.42 Å². The molecule has 4 heteroatoms. The van der Waals surface area contributed by atoms with Crippen molar-refractivity contribution >= 4 is 5.91 Å². The maximum atomic E-state index is 13.5. The molecule has 1 amide bonds. The predicted molar refractivity (Wildman–Crippen MR) is 123 cm³/mol. The van der Waals surface area contributed by atoms with Crippen molar-refractivity contribution in [3.8, 4) is 0 Å². The van der Waals surface area contributed by atoms with E-state index in [0.717, 1.165) is 57.0 Å². The molecular weight excluding hydrogens is 384 g/mol. The number of amides is 1. The van der Waals surface area contributed by atoms with E-state index in [1.807, 2.05) is 37.3 Å². The van der Waals surface area contributed by atoms with Gasteiger partial charge in [0, 0.05) is 31.8 Å². The lowest BCUT2D eigenvalue weighted by atomic mass is 9.94. The second-order valence-electron chi connectivity index (χ2n) is 8.69. The molecule has 1 fully saturated rings. The number of furan rings is 1. The number of quaternary nitrogens is 1. The van der Waals surface area contributed by atoms with Crippen LogP contribution in [-0.2, 0) is 24.3 Å². The van der Waals surface area contributed by atoms with Gasteiger partial charge in [-0.2, -0.15) is 0 Å². The van der Waals surface area contributed by atoms with E-state index in [2.05, 4.69) is 47.4 Å². The second-order valence-corrected chi connectivity index (χ2v) is 8.69. The van der Waals surface area contributed by atoms with Crippen LogP contribution < -0.4 is 4.90 Å². The minimum Gasteiger partial charge on any atom is -0.460 e. The minimum absolute atomic E-state index is 0.126. The van der Waals surface area contributed by atoms with Gasteiger partial charge in [-0.05, 0) is 36.6 Å². The van der Waals surface area contributed by atoms with Gasteiger partial charge in [0.15, 0.2) is 5.76 Å². The van der Waals surface area contributed by atoms with E-state index in [1.54, 1.807) is 0 Å². The first-order valence-corrected chi connectivity index (χ1v) is 11.4. The van der Waals surface area contributed by atoms with Crippen LogP contribution in [0.1, 0.15) is 35.5 Å². The van der Waals surface area contributed by atoms with Gasteiger partial charge >= 0.3 is 0 Å². The highest BCUT2D eigenvalue weighted by molar-refractivity contribution is 5.79. The fourth-order valence-electron chi connectivity index (χ4n) is 4.51. The Morgan fingerprint density at radius 2 is 1.58 bits per heavy atom. The Morgan fingerprint density at radius 3 is 2.19 bits per heavy atom. The molecule has 0 aliphatic carbocycles. The van der Waals surface area contributed by atoms with Gasteiger partial charge in [-0.1, -0.05) is 60.7 Å². The molecule has 162 valence electrons. The molecule has 1 aromatic heterocycles. The van der Waals surface area contributed by atoms with Gasteiger partial charge in [0.25, 0.3) is 0 Å². The molecule has 2 heterocycles. The molecule has 4 rings (SSSR count). The van der Waals surface area contributed by atoms with Gasteiger partial charge in [0.2, 0.25) is 5.91 Å². The largest absolute Gasteiger partial charge is 0.460 e. The average Bonchev–Trinajstić information content (AvgIpc) is 3.22. The van der Waals surface area contributed by atoms with Crippen molar-refractivity contribution in [1.29, 1.82) is 0 Å². The summed E-state index contributed by atoms with van der Waals surface area (Å²) in [6.07, 6.45) is 2.79. The molecule has 1 aliphatic rings. The molecule has 4 nitrogen and oxygen atoms in total. The highest BCUT2D eigenvalue weighted by atomic mass is 16.3. The third-order valence-electron chi connectivity index (χ3n) is 6.30. The van der Waals surface area contributed by atoms with Gasteiger partial charge < -0.3 is 14.2 Å². The summed E-state index contributed by atoms with van der Waals surface area (Å²) in [6.45, 7) is 6.39. The lowest BCUT2D eigenvalue weighted by molar-refractivity contribution is -0.920. The van der Waals surface area contributed by atoms with E-state index in [-0.39, 0.29) is 5.92 Å². The fourth-order valence-corrected chi connectivity index (χ4v) is 4.51. The Bertz CT molecular complexity index is 944. The summed E-state index contributed by atoms with van der Waals surface area (Å²) in [5.41, 5.74) is 2.47. The lowest BCUT2D eigenvalue weighted by Crippen LogP contribution is -3.11. The summed E-state index contributed by atoms with van der Waals surface area (Å²) in [7, 11) is 0. The number of nitrogens with one attached hydrogen (secondary N) is 1. The molecule has 0 unspecified atom stereocenters. The van der Waals surface area contributed by atoms with Crippen molar-refractivity contribution in [2.75, 3.05) is 19.6 Å². The zero-order valence-corrected chi connectivity index (χ0v) is 18.4. The standard InChI is InChI=1S/C27H32N2O2/c1-22-12-13-26(31-22)21-28-17-15-25(16-18-28)27(30)29(20-24-10-6-3-7-11-24)19-14-23-8-4-2-5-9-23/h2-13,25H,14-21H2,1H3/p+1. The van der Waals surface area contributed by atoms with E-state index in [0.29, 0.717) is 12.5 Å². The number of aryl methyl sites for hydroxylation is 1. The Morgan fingerprint density at radius 1 is 0.935 bits per heavy atom. The number of carbonyl (C=O) groups is 1. The summed E-state index contributed by atoms with van der Waals surface area (Å²) in [6, 6.07) is 24.9. The van der Waals surface area contributed by atoms with Crippen LogP contribution in [0.3, 0.4) is 0 Å². The Balaban J connectivity index is 1.36. The van der Waals surface area contributed by atoms with Crippen LogP contribution in [0, 0.1) is 12.8 Å². The highest BCUT2D eigenvalue weighted by Gasteiger charge is 2.31. The van der Waals surface area contributed by atoms with Crippen molar-refractivity contribution < 1.29 is 14.1 Å². The SMILES string of the molecule is Cc1ccc(C[NH+]2CCC(C(=O)N(CCc3ccccc3)Cc3ccccc3)CC2)o1. The van der Waals surface area contributed by atoms with Gasteiger partial charge in [-0.3, -0.25) is 4.79 Å². The van der Waals surface area contributed by atoms with Crippen LogP contribution in [-0.4, -0.2) is 30.4 Å². The zero-order valence-electron chi connectivity index (χ0n) is 18.4. The molecular formula is C27H33N2O2+. The summed E-state index contributed by atoms with van der Waals surface area (Å²) >= 11 is 0. The summed E-state index contributed by atoms with van der Waals surface area (Å²) < 4.78 is 5.74. The monoisotopic (exact) mass is 417 g/mol. The Hall–Kier alpha value is -2.85. The van der Waals surface area contributed by atoms with Crippen LogP contribution in [0.2, 0.25) is 0 Å². The molecule has 0 saturated carbocycles. The average molecular weight is 418 g/mol. The number of likely N-dealkylation sites (tertiary alicyclic amines) is 1. The topological polar surface area (TPSA) is 37.9 Å². The van der Waals surface area contributed by atoms with Crippen molar-refractivity contribution in [2.45, 2.75) is 39.3 Å². The third kappa shape index (κ3) is 6.08. The first-order valence-electron chi connectivity index (χ1n) is 11.4. The molecule has 1 aliphatic heterocycles. The smallest absolute Gasteiger partial charge is 0.226 e. The van der Waals surface area contributed by atoms with E-state index in [9.17, 15) is 4.79 Å². The van der Waals surface area contributed by atoms with Gasteiger partial charge in [-0.15, -0.1) is 0 Å². The third-order valence-corrected chi connectivity index (χ3v) is 6.30. The second kappa shape index (κ2) is 10.5. The van der Waals surface area contributed by atoms with E-state index < -0.39 is 0 Å². The number of carbonyl (C=O) groups excluding carboxylic acids is 1. The maximum Gasteiger partial charge on any atom is 0.226 e. The molecule has 1 N–H and O–H groups in total. The normalized spacial score (nSPS) is 18.6. The van der Waals surface area contributed by atoms with Crippen molar-refractivity contribution in [3.05, 3.63) is 95.4 Å². The molecule has 0 bridgehead atoms. The van der Waals surface area contributed by atoms with Gasteiger partial charge in [0.05, 0.1) is 13.1 Å². The number of rotatable bonds is 8. The number of benzene rings is 2. The van der Waals surface area contributed by atoms with Crippen molar-refractivity contribution in [3.63, 3.8) is 0 Å². The van der Waals surface area contributed by atoms with Crippen molar-refractivity contribution in [2.24, 2.45) is 5.92 Å². The first kappa shape index (κ1) is 21.4. The molecule has 2 aromatic carbocycles. The fraction of sp³-hybridized carbons (Fsp3) is 0.370. The quantitative estimate of drug-likeness (QED) is 0.608. The van der Waals surface area contributed by atoms with Crippen LogP contribution in [0.25, 0.3) is 0 Å². The lowest BCUT2D eigenvalue weighted by Gasteiger charge is -2.32. The van der Waals surface area contributed by atoms with E-state index >= 15 is 0 Å².